The van der Waals surface area contributed by atoms with E-state index in [9.17, 15) is 20.2 Å². The van der Waals surface area contributed by atoms with Crippen LogP contribution in [0.4, 0.5) is 0 Å². The topological polar surface area (TPSA) is 125 Å². The van der Waals surface area contributed by atoms with E-state index in [0.29, 0.717) is 11.5 Å². The van der Waals surface area contributed by atoms with Crippen LogP contribution in [0.25, 0.3) is 0 Å². The predicted octanol–water partition coefficient (Wildman–Crippen LogP) is 2.58. The van der Waals surface area contributed by atoms with Crippen molar-refractivity contribution in [1.82, 2.24) is 5.32 Å². The fourth-order valence-corrected chi connectivity index (χ4v) is 3.61. The molecule has 1 aliphatic rings. The number of furan rings is 2. The molecule has 9 nitrogen and oxygen atoms in total. The molecule has 0 bridgehead atoms. The van der Waals surface area contributed by atoms with Crippen molar-refractivity contribution in [2.24, 2.45) is 5.41 Å². The van der Waals surface area contributed by atoms with Gasteiger partial charge in [0.05, 0.1) is 12.5 Å². The van der Waals surface area contributed by atoms with E-state index >= 15 is 0 Å². The molecule has 0 spiro atoms. The molecule has 1 saturated heterocycles. The summed E-state index contributed by atoms with van der Waals surface area (Å²) in [6.45, 7) is 3.08. The Labute approximate surface area is 136 Å². The maximum atomic E-state index is 11.7. The average molecular weight is 335 g/mol. The lowest BCUT2D eigenvalue weighted by molar-refractivity contribution is -0.605. The van der Waals surface area contributed by atoms with Gasteiger partial charge in [0, 0.05) is 9.85 Å². The molecule has 4 atom stereocenters. The third-order valence-electron chi connectivity index (χ3n) is 4.67. The molecule has 0 radical (unpaired) electrons. The van der Waals surface area contributed by atoms with Gasteiger partial charge in [-0.1, -0.05) is 0 Å². The normalized spacial score (nSPS) is 29.2. The lowest BCUT2D eigenvalue weighted by atomic mass is 9.68. The van der Waals surface area contributed by atoms with Crippen molar-refractivity contribution in [3.8, 4) is 0 Å². The smallest absolute Gasteiger partial charge is 0.247 e. The first-order chi connectivity index (χ1) is 11.3. The van der Waals surface area contributed by atoms with E-state index in [1.54, 1.807) is 38.1 Å². The molecule has 9 heteroatoms. The monoisotopic (exact) mass is 335 g/mol. The van der Waals surface area contributed by atoms with Crippen molar-refractivity contribution >= 4 is 0 Å². The first-order valence-electron chi connectivity index (χ1n) is 7.44. The minimum atomic E-state index is -1.24. The number of nitrogens with one attached hydrogen (secondary N) is 1. The Morgan fingerprint density at radius 2 is 1.38 bits per heavy atom. The zero-order valence-electron chi connectivity index (χ0n) is 13.1. The Balaban J connectivity index is 2.12. The second kappa shape index (κ2) is 5.75. The summed E-state index contributed by atoms with van der Waals surface area (Å²) in [6.07, 6.45) is 2.84. The first-order valence-corrected chi connectivity index (χ1v) is 7.44. The van der Waals surface area contributed by atoms with Crippen LogP contribution in [0.1, 0.15) is 37.5 Å². The second-order valence-corrected chi connectivity index (χ2v) is 6.43. The van der Waals surface area contributed by atoms with Crippen molar-refractivity contribution in [2.45, 2.75) is 38.0 Å². The van der Waals surface area contributed by atoms with Crippen LogP contribution >= 0.6 is 0 Å². The highest BCUT2D eigenvalue weighted by molar-refractivity contribution is 5.18. The number of hydrogen-bond donors (Lipinski definition) is 1. The van der Waals surface area contributed by atoms with Gasteiger partial charge in [0.25, 0.3) is 0 Å². The van der Waals surface area contributed by atoms with E-state index in [-0.39, 0.29) is 0 Å². The van der Waals surface area contributed by atoms with E-state index in [0.717, 1.165) is 0 Å². The molecule has 0 saturated carbocycles. The van der Waals surface area contributed by atoms with Gasteiger partial charge in [0.2, 0.25) is 12.1 Å². The summed E-state index contributed by atoms with van der Waals surface area (Å²) in [6, 6.07) is 2.42. The summed E-state index contributed by atoms with van der Waals surface area (Å²) in [5, 5.41) is 26.4. The van der Waals surface area contributed by atoms with Gasteiger partial charge in [-0.2, -0.15) is 0 Å². The summed E-state index contributed by atoms with van der Waals surface area (Å²) >= 11 is 0. The first kappa shape index (κ1) is 16.2. The van der Waals surface area contributed by atoms with Crippen molar-refractivity contribution in [3.05, 3.63) is 68.5 Å². The van der Waals surface area contributed by atoms with Crippen LogP contribution in [0.3, 0.4) is 0 Å². The summed E-state index contributed by atoms with van der Waals surface area (Å²) in [5.74, 6) is 0.728. The van der Waals surface area contributed by atoms with Gasteiger partial charge in [-0.15, -0.1) is 0 Å². The molecule has 0 aliphatic carbocycles. The largest absolute Gasteiger partial charge is 0.467 e. The molecule has 0 amide bonds. The molecule has 24 heavy (non-hydrogen) atoms. The molecule has 0 unspecified atom stereocenters. The van der Waals surface area contributed by atoms with Gasteiger partial charge >= 0.3 is 0 Å². The van der Waals surface area contributed by atoms with E-state index in [1.165, 1.54) is 12.5 Å². The van der Waals surface area contributed by atoms with E-state index in [1.807, 2.05) is 0 Å². The highest BCUT2D eigenvalue weighted by atomic mass is 16.6. The number of rotatable bonds is 4. The molecule has 3 heterocycles. The van der Waals surface area contributed by atoms with Crippen LogP contribution in [-0.4, -0.2) is 21.9 Å². The maximum Gasteiger partial charge on any atom is 0.247 e. The molecule has 2 aromatic rings. The predicted molar refractivity (Wildman–Crippen MR) is 81.4 cm³/mol. The van der Waals surface area contributed by atoms with Gasteiger partial charge < -0.3 is 8.83 Å². The fourth-order valence-electron chi connectivity index (χ4n) is 3.61. The highest BCUT2D eigenvalue weighted by Crippen LogP contribution is 2.46. The number of nitro groups is 2. The van der Waals surface area contributed by atoms with Gasteiger partial charge in [-0.25, -0.2) is 0 Å². The van der Waals surface area contributed by atoms with Crippen molar-refractivity contribution in [1.29, 1.82) is 0 Å². The van der Waals surface area contributed by atoms with Gasteiger partial charge in [0.15, 0.2) is 0 Å². The molecule has 1 fully saturated rings. The summed E-state index contributed by atoms with van der Waals surface area (Å²) in [5.41, 5.74) is -1.24. The number of piperidine rings is 1. The Morgan fingerprint density at radius 3 is 1.67 bits per heavy atom. The van der Waals surface area contributed by atoms with Crippen molar-refractivity contribution < 1.29 is 18.7 Å². The zero-order valence-corrected chi connectivity index (χ0v) is 13.1. The second-order valence-electron chi connectivity index (χ2n) is 6.43. The van der Waals surface area contributed by atoms with Crippen LogP contribution in [0, 0.1) is 25.6 Å². The van der Waals surface area contributed by atoms with Crippen LogP contribution in [-0.2, 0) is 0 Å². The summed E-state index contributed by atoms with van der Waals surface area (Å²) in [4.78, 5) is 22.5. The third kappa shape index (κ3) is 2.46. The van der Waals surface area contributed by atoms with E-state index in [2.05, 4.69) is 5.32 Å². The van der Waals surface area contributed by atoms with Gasteiger partial charge in [-0.3, -0.25) is 25.5 Å². The Morgan fingerprint density at radius 1 is 0.958 bits per heavy atom. The molecular weight excluding hydrogens is 318 g/mol. The standard InChI is InChI=1S/C15H17N3O6/c1-15(2)13(17(19)20)11(9-5-3-7-23-9)16-12(14(15)18(21)22)10-6-4-8-24-10/h3-8,11-14,16H,1-2H3/t11-,12-,13+,14+/m1/s1. The lowest BCUT2D eigenvalue weighted by Gasteiger charge is -2.42. The number of hydrogen-bond acceptors (Lipinski definition) is 7. The number of nitrogens with zero attached hydrogens (tertiary/aromatic N) is 2. The van der Waals surface area contributed by atoms with E-state index < -0.39 is 39.4 Å². The zero-order chi connectivity index (χ0) is 17.5. The summed E-state index contributed by atoms with van der Waals surface area (Å²) in [7, 11) is 0. The van der Waals surface area contributed by atoms with Crippen molar-refractivity contribution in [3.63, 3.8) is 0 Å². The quantitative estimate of drug-likeness (QED) is 0.672. The fraction of sp³-hybridized carbons (Fsp3) is 0.467. The molecule has 2 aromatic heterocycles. The van der Waals surface area contributed by atoms with Crippen LogP contribution in [0.5, 0.6) is 0 Å². The van der Waals surface area contributed by atoms with Gasteiger partial charge in [0.1, 0.15) is 29.0 Å². The molecule has 0 aromatic carbocycles. The minimum Gasteiger partial charge on any atom is -0.467 e. The lowest BCUT2D eigenvalue weighted by Crippen LogP contribution is -2.63. The van der Waals surface area contributed by atoms with Crippen LogP contribution < -0.4 is 5.32 Å². The Kier molecular flexibility index (Phi) is 3.88. The molecule has 128 valence electrons. The summed E-state index contributed by atoms with van der Waals surface area (Å²) < 4.78 is 10.7. The minimum absolute atomic E-state index is 0.364. The average Bonchev–Trinajstić information content (AvgIpc) is 3.17. The molecule has 1 aliphatic heterocycles. The Bertz CT molecular complexity index is 664. The molecule has 3 rings (SSSR count). The molecule has 1 N–H and O–H groups in total. The van der Waals surface area contributed by atoms with E-state index in [4.69, 9.17) is 8.83 Å². The SMILES string of the molecule is CC1(C)[C@@H]([N+](=O)[O-])[C@@H](c2ccco2)N[C@H](c2ccco2)[C@@H]1[N+](=O)[O-]. The maximum absolute atomic E-state index is 11.7. The van der Waals surface area contributed by atoms with Crippen LogP contribution in [0.15, 0.2) is 45.6 Å². The molecular formula is C15H17N3O6. The van der Waals surface area contributed by atoms with Crippen molar-refractivity contribution in [2.75, 3.05) is 0 Å². The van der Waals surface area contributed by atoms with Crippen LogP contribution in [0.2, 0.25) is 0 Å². The highest BCUT2D eigenvalue weighted by Gasteiger charge is 2.64. The van der Waals surface area contributed by atoms with Gasteiger partial charge in [-0.05, 0) is 38.1 Å². The Hall–Kier alpha value is -2.68. The third-order valence-corrected chi connectivity index (χ3v) is 4.67.